The second-order valence-electron chi connectivity index (χ2n) is 5.48. The average molecular weight is 391 g/mol. The fourth-order valence-electron chi connectivity index (χ4n) is 2.27. The third-order valence-electron chi connectivity index (χ3n) is 3.52. The Morgan fingerprint density at radius 3 is 2.92 bits per heavy atom. The lowest BCUT2D eigenvalue weighted by Crippen LogP contribution is -2.31. The minimum absolute atomic E-state index is 0.0470. The van der Waals surface area contributed by atoms with Crippen LogP contribution in [0.4, 0.5) is 10.2 Å². The van der Waals surface area contributed by atoms with Crippen molar-refractivity contribution in [1.82, 2.24) is 10.1 Å². The van der Waals surface area contributed by atoms with Gasteiger partial charge in [-0.2, -0.15) is 0 Å². The molecule has 1 aliphatic rings. The van der Waals surface area contributed by atoms with Crippen LogP contribution >= 0.6 is 24.0 Å². The molecule has 2 amide bonds. The molecule has 0 atom stereocenters. The second-order valence-corrected chi connectivity index (χ2v) is 7.15. The van der Waals surface area contributed by atoms with E-state index >= 15 is 0 Å². The summed E-state index contributed by atoms with van der Waals surface area (Å²) in [7, 11) is 0. The van der Waals surface area contributed by atoms with E-state index in [9.17, 15) is 14.0 Å². The van der Waals surface area contributed by atoms with Crippen molar-refractivity contribution in [2.45, 2.75) is 13.3 Å². The molecule has 6 nitrogen and oxygen atoms in total. The summed E-state index contributed by atoms with van der Waals surface area (Å²) in [5.41, 5.74) is 0.312. The maximum absolute atomic E-state index is 13.7. The van der Waals surface area contributed by atoms with Crippen LogP contribution in [-0.2, 0) is 9.59 Å². The zero-order valence-corrected chi connectivity index (χ0v) is 15.3. The molecule has 1 N–H and O–H groups in total. The minimum atomic E-state index is -0.417. The van der Waals surface area contributed by atoms with Gasteiger partial charge in [0, 0.05) is 24.6 Å². The number of halogens is 1. The highest BCUT2D eigenvalue weighted by atomic mass is 32.2. The summed E-state index contributed by atoms with van der Waals surface area (Å²) in [6.45, 7) is 1.84. The largest absolute Gasteiger partial charge is 0.360 e. The number of aryl methyl sites for hydroxylation is 1. The van der Waals surface area contributed by atoms with E-state index < -0.39 is 5.82 Å². The Morgan fingerprint density at radius 2 is 2.23 bits per heavy atom. The molecule has 0 saturated carbocycles. The number of amides is 2. The molecule has 26 heavy (non-hydrogen) atoms. The molecule has 3 rings (SSSR count). The van der Waals surface area contributed by atoms with Gasteiger partial charge in [0.1, 0.15) is 15.9 Å². The van der Waals surface area contributed by atoms with Crippen LogP contribution < -0.4 is 5.32 Å². The van der Waals surface area contributed by atoms with Gasteiger partial charge in [0.2, 0.25) is 5.91 Å². The summed E-state index contributed by atoms with van der Waals surface area (Å²) in [4.78, 5) is 26.1. The number of carbonyl (C=O) groups is 2. The number of carbonyl (C=O) groups excluding carboxylic acids is 2. The second kappa shape index (κ2) is 7.79. The van der Waals surface area contributed by atoms with Crippen LogP contribution in [0.25, 0.3) is 6.08 Å². The lowest BCUT2D eigenvalue weighted by Gasteiger charge is -2.13. The van der Waals surface area contributed by atoms with Gasteiger partial charge in [0.15, 0.2) is 5.82 Å². The zero-order chi connectivity index (χ0) is 18.7. The summed E-state index contributed by atoms with van der Waals surface area (Å²) >= 11 is 6.29. The number of anilines is 1. The molecule has 1 aromatic carbocycles. The third-order valence-corrected chi connectivity index (χ3v) is 4.90. The van der Waals surface area contributed by atoms with E-state index in [1.807, 2.05) is 0 Å². The summed E-state index contributed by atoms with van der Waals surface area (Å²) in [5, 5.41) is 6.25. The Hall–Kier alpha value is -2.52. The minimum Gasteiger partial charge on any atom is -0.360 e. The topological polar surface area (TPSA) is 75.4 Å². The van der Waals surface area contributed by atoms with Crippen molar-refractivity contribution in [2.24, 2.45) is 0 Å². The van der Waals surface area contributed by atoms with E-state index in [0.717, 1.165) is 11.8 Å². The highest BCUT2D eigenvalue weighted by Crippen LogP contribution is 2.33. The van der Waals surface area contributed by atoms with Crippen LogP contribution in [0.5, 0.6) is 0 Å². The van der Waals surface area contributed by atoms with Crippen LogP contribution in [0.1, 0.15) is 17.7 Å². The van der Waals surface area contributed by atoms with E-state index in [2.05, 4.69) is 10.5 Å². The Bertz CT molecular complexity index is 910. The predicted octanol–water partition coefficient (Wildman–Crippen LogP) is 3.35. The molecule has 0 radical (unpaired) electrons. The van der Waals surface area contributed by atoms with Crippen LogP contribution in [0.3, 0.4) is 0 Å². The van der Waals surface area contributed by atoms with Gasteiger partial charge >= 0.3 is 0 Å². The average Bonchev–Trinajstić information content (AvgIpc) is 3.11. The molecule has 2 aromatic rings. The Balaban J connectivity index is 1.62. The van der Waals surface area contributed by atoms with E-state index in [-0.39, 0.29) is 24.8 Å². The Kier molecular flexibility index (Phi) is 5.48. The summed E-state index contributed by atoms with van der Waals surface area (Å²) in [5.74, 6) is -0.174. The first-order valence-corrected chi connectivity index (χ1v) is 8.89. The first-order valence-electron chi connectivity index (χ1n) is 7.67. The first kappa shape index (κ1) is 18.3. The molecule has 1 saturated heterocycles. The van der Waals surface area contributed by atoms with Crippen LogP contribution in [0.2, 0.25) is 0 Å². The standard InChI is InChI=1S/C17H14FN3O3S2/c1-10-8-14(20-24-10)19-15(22)6-7-21-16(23)13(26-17(21)25)9-11-4-2-3-5-12(11)18/h2-5,8-9H,6-7H2,1H3,(H,19,20,22)/b13-9+. The number of hydrogen-bond acceptors (Lipinski definition) is 6. The number of aromatic nitrogens is 1. The van der Waals surface area contributed by atoms with Crippen molar-refractivity contribution in [3.05, 3.63) is 52.4 Å². The molecule has 134 valence electrons. The van der Waals surface area contributed by atoms with Crippen molar-refractivity contribution < 1.29 is 18.5 Å². The number of thioether (sulfide) groups is 1. The Labute approximate surface area is 158 Å². The van der Waals surface area contributed by atoms with Gasteiger partial charge in [0.05, 0.1) is 4.91 Å². The van der Waals surface area contributed by atoms with Crippen LogP contribution in [0, 0.1) is 12.7 Å². The van der Waals surface area contributed by atoms with Gasteiger partial charge in [-0.3, -0.25) is 14.5 Å². The number of thiocarbonyl (C=S) groups is 1. The van der Waals surface area contributed by atoms with E-state index in [4.69, 9.17) is 16.7 Å². The molecular weight excluding hydrogens is 377 g/mol. The molecule has 0 aliphatic carbocycles. The number of benzene rings is 1. The molecule has 0 spiro atoms. The summed E-state index contributed by atoms with van der Waals surface area (Å²) in [6.07, 6.45) is 1.51. The lowest BCUT2D eigenvalue weighted by molar-refractivity contribution is -0.122. The van der Waals surface area contributed by atoms with E-state index in [0.29, 0.717) is 26.4 Å². The molecule has 2 heterocycles. The molecule has 1 fully saturated rings. The fourth-order valence-corrected chi connectivity index (χ4v) is 3.57. The molecule has 9 heteroatoms. The van der Waals surface area contributed by atoms with Gasteiger partial charge in [0.25, 0.3) is 5.91 Å². The third kappa shape index (κ3) is 4.17. The van der Waals surface area contributed by atoms with Crippen LogP contribution in [0.15, 0.2) is 39.8 Å². The lowest BCUT2D eigenvalue weighted by atomic mass is 10.2. The predicted molar refractivity (Wildman–Crippen MR) is 101 cm³/mol. The summed E-state index contributed by atoms with van der Waals surface area (Å²) < 4.78 is 19.0. The SMILES string of the molecule is Cc1cc(NC(=O)CCN2C(=O)/C(=C\c3ccccc3F)SC2=S)no1. The molecule has 0 bridgehead atoms. The maximum atomic E-state index is 13.7. The quantitative estimate of drug-likeness (QED) is 0.622. The molecule has 0 unspecified atom stereocenters. The van der Waals surface area contributed by atoms with Crippen molar-refractivity contribution in [3.8, 4) is 0 Å². The normalized spacial score (nSPS) is 15.8. The molecule has 1 aliphatic heterocycles. The van der Waals surface area contributed by atoms with Gasteiger partial charge in [-0.25, -0.2) is 4.39 Å². The molecular formula is C17H14FN3O3S2. The first-order chi connectivity index (χ1) is 12.4. The van der Waals surface area contributed by atoms with Gasteiger partial charge in [-0.1, -0.05) is 47.3 Å². The van der Waals surface area contributed by atoms with Gasteiger partial charge in [-0.05, 0) is 19.1 Å². The molecule has 1 aromatic heterocycles. The van der Waals surface area contributed by atoms with Gasteiger partial charge in [-0.15, -0.1) is 0 Å². The highest BCUT2D eigenvalue weighted by molar-refractivity contribution is 8.26. The highest BCUT2D eigenvalue weighted by Gasteiger charge is 2.32. The van der Waals surface area contributed by atoms with Gasteiger partial charge < -0.3 is 9.84 Å². The smallest absolute Gasteiger partial charge is 0.266 e. The fraction of sp³-hybridized carbons (Fsp3) is 0.176. The number of hydrogen-bond donors (Lipinski definition) is 1. The zero-order valence-electron chi connectivity index (χ0n) is 13.7. The van der Waals surface area contributed by atoms with E-state index in [1.54, 1.807) is 31.2 Å². The number of nitrogens with zero attached hydrogens (tertiary/aromatic N) is 2. The van der Waals surface area contributed by atoms with E-state index in [1.165, 1.54) is 17.0 Å². The maximum Gasteiger partial charge on any atom is 0.266 e. The number of rotatable bonds is 5. The van der Waals surface area contributed by atoms with Crippen molar-refractivity contribution >= 4 is 52.0 Å². The van der Waals surface area contributed by atoms with Crippen LogP contribution in [-0.4, -0.2) is 32.7 Å². The van der Waals surface area contributed by atoms with Crippen molar-refractivity contribution in [2.75, 3.05) is 11.9 Å². The number of nitrogens with one attached hydrogen (secondary N) is 1. The monoisotopic (exact) mass is 391 g/mol. The Morgan fingerprint density at radius 1 is 1.46 bits per heavy atom. The van der Waals surface area contributed by atoms with Crippen molar-refractivity contribution in [1.29, 1.82) is 0 Å². The van der Waals surface area contributed by atoms with Crippen molar-refractivity contribution in [3.63, 3.8) is 0 Å². The summed E-state index contributed by atoms with van der Waals surface area (Å²) in [6, 6.07) is 7.75.